The van der Waals surface area contributed by atoms with Gasteiger partial charge in [-0.25, -0.2) is 19.5 Å². The van der Waals surface area contributed by atoms with Gasteiger partial charge in [-0.2, -0.15) is 13.5 Å². The average molecular weight is 422 g/mol. The van der Waals surface area contributed by atoms with E-state index in [9.17, 15) is 13.2 Å². The molecule has 0 bridgehead atoms. The van der Waals surface area contributed by atoms with Crippen LogP contribution in [0.3, 0.4) is 0 Å². The first-order valence-electron chi connectivity index (χ1n) is 8.00. The van der Waals surface area contributed by atoms with Crippen molar-refractivity contribution in [3.8, 4) is 11.3 Å². The summed E-state index contributed by atoms with van der Waals surface area (Å²) in [4.78, 5) is 19.2. The fraction of sp³-hybridized carbons (Fsp3) is 0.176. The van der Waals surface area contributed by atoms with Crippen LogP contribution in [0.25, 0.3) is 11.3 Å². The Labute approximate surface area is 166 Å². The highest BCUT2D eigenvalue weighted by molar-refractivity contribution is 7.92. The molecule has 2 heterocycles. The monoisotopic (exact) mass is 421 g/mol. The summed E-state index contributed by atoms with van der Waals surface area (Å²) in [6.07, 6.45) is 0. The van der Waals surface area contributed by atoms with Gasteiger partial charge in [0.25, 0.3) is 10.0 Å². The Balaban J connectivity index is 2.04. The molecule has 0 atom stereocenters. The normalized spacial score (nSPS) is 11.4. The van der Waals surface area contributed by atoms with Gasteiger partial charge in [-0.1, -0.05) is 29.8 Å². The number of hydrogen-bond acceptors (Lipinski definition) is 6. The van der Waals surface area contributed by atoms with E-state index in [2.05, 4.69) is 19.8 Å². The zero-order valence-corrected chi connectivity index (χ0v) is 16.7. The molecule has 0 aliphatic rings. The fourth-order valence-corrected chi connectivity index (χ4v) is 4.06. The van der Waals surface area contributed by atoms with Crippen molar-refractivity contribution in [3.63, 3.8) is 0 Å². The van der Waals surface area contributed by atoms with E-state index in [-0.39, 0.29) is 16.1 Å². The lowest BCUT2D eigenvalue weighted by molar-refractivity contribution is 0.0689. The summed E-state index contributed by atoms with van der Waals surface area (Å²) >= 11 is 6.08. The van der Waals surface area contributed by atoms with Gasteiger partial charge in [0.2, 0.25) is 5.95 Å². The van der Waals surface area contributed by atoms with E-state index < -0.39 is 21.7 Å². The smallest absolute Gasteiger partial charge is 0.356 e. The first-order chi connectivity index (χ1) is 13.1. The molecule has 0 amide bonds. The van der Waals surface area contributed by atoms with Crippen molar-refractivity contribution in [1.82, 2.24) is 19.7 Å². The Kier molecular flexibility index (Phi) is 5.09. The number of aromatic carboxylic acids is 1. The molecule has 3 rings (SSSR count). The van der Waals surface area contributed by atoms with Crippen LogP contribution in [0.1, 0.15) is 21.6 Å². The van der Waals surface area contributed by atoms with E-state index in [1.807, 2.05) is 32.0 Å². The average Bonchev–Trinajstić information content (AvgIpc) is 2.97. The van der Waals surface area contributed by atoms with Crippen LogP contribution < -0.4 is 4.72 Å². The predicted octanol–water partition coefficient (Wildman–Crippen LogP) is 2.65. The quantitative estimate of drug-likeness (QED) is 0.606. The van der Waals surface area contributed by atoms with Crippen molar-refractivity contribution in [1.29, 1.82) is 0 Å². The van der Waals surface area contributed by atoms with Crippen LogP contribution >= 0.6 is 11.6 Å². The van der Waals surface area contributed by atoms with E-state index >= 15 is 0 Å². The summed E-state index contributed by atoms with van der Waals surface area (Å²) in [6, 6.07) is 8.21. The van der Waals surface area contributed by atoms with Gasteiger partial charge in [-0.15, -0.1) is 0 Å². The maximum atomic E-state index is 12.7. The Morgan fingerprint density at radius 3 is 2.39 bits per heavy atom. The van der Waals surface area contributed by atoms with Crippen molar-refractivity contribution in [2.24, 2.45) is 7.05 Å². The molecule has 0 aliphatic heterocycles. The number of carbonyl (C=O) groups is 1. The molecule has 0 spiro atoms. The number of hydrogen-bond donors (Lipinski definition) is 2. The molecule has 28 heavy (non-hydrogen) atoms. The lowest BCUT2D eigenvalue weighted by Gasteiger charge is -2.12. The van der Waals surface area contributed by atoms with Crippen LogP contribution in [-0.4, -0.2) is 39.2 Å². The van der Waals surface area contributed by atoms with Crippen molar-refractivity contribution in [2.75, 3.05) is 4.72 Å². The molecule has 0 fully saturated rings. The number of anilines is 1. The highest BCUT2D eigenvalue weighted by Gasteiger charge is 2.24. The summed E-state index contributed by atoms with van der Waals surface area (Å²) < 4.78 is 28.5. The van der Waals surface area contributed by atoms with Gasteiger partial charge in [0.15, 0.2) is 10.7 Å². The third-order valence-electron chi connectivity index (χ3n) is 3.99. The van der Waals surface area contributed by atoms with E-state index in [0.29, 0.717) is 5.69 Å². The second-order valence-corrected chi connectivity index (χ2v) is 8.08. The first-order valence-corrected chi connectivity index (χ1v) is 9.86. The highest BCUT2D eigenvalue weighted by atomic mass is 35.5. The second kappa shape index (κ2) is 7.21. The van der Waals surface area contributed by atoms with Gasteiger partial charge in [0.05, 0.1) is 5.69 Å². The zero-order valence-electron chi connectivity index (χ0n) is 15.1. The third kappa shape index (κ3) is 3.82. The number of nitrogens with zero attached hydrogens (tertiary/aromatic N) is 4. The molecule has 2 aromatic heterocycles. The molecule has 2 N–H and O–H groups in total. The predicted molar refractivity (Wildman–Crippen MR) is 103 cm³/mol. The number of sulfonamides is 1. The van der Waals surface area contributed by atoms with Crippen LogP contribution in [-0.2, 0) is 17.1 Å². The molecule has 0 unspecified atom stereocenters. The number of aryl methyl sites for hydroxylation is 3. The van der Waals surface area contributed by atoms with Crippen molar-refractivity contribution in [2.45, 2.75) is 18.9 Å². The molecule has 0 saturated carbocycles. The Morgan fingerprint density at radius 1 is 1.18 bits per heavy atom. The summed E-state index contributed by atoms with van der Waals surface area (Å²) in [5.41, 5.74) is 2.78. The van der Waals surface area contributed by atoms with Gasteiger partial charge >= 0.3 is 5.97 Å². The second-order valence-electron chi connectivity index (χ2n) is 6.07. The lowest BCUT2D eigenvalue weighted by Crippen LogP contribution is -2.18. The summed E-state index contributed by atoms with van der Waals surface area (Å²) in [6.45, 7) is 3.82. The summed E-state index contributed by atoms with van der Waals surface area (Å²) in [5.74, 6) is -1.57. The molecule has 11 heteroatoms. The topological polar surface area (TPSA) is 127 Å². The van der Waals surface area contributed by atoms with Crippen molar-refractivity contribution < 1.29 is 18.3 Å². The molecule has 1 aromatic carbocycles. The van der Waals surface area contributed by atoms with Crippen molar-refractivity contribution in [3.05, 3.63) is 52.3 Å². The van der Waals surface area contributed by atoms with Crippen molar-refractivity contribution >= 4 is 33.5 Å². The van der Waals surface area contributed by atoms with Crippen LogP contribution in [0.2, 0.25) is 5.15 Å². The maximum absolute atomic E-state index is 12.7. The zero-order chi connectivity index (χ0) is 20.6. The number of halogens is 1. The SMILES string of the molecule is Cc1cccc(C)c1-c1cc(Cl)nc(NS(=O)(=O)c2cc(C(=O)O)nn2C)n1. The van der Waals surface area contributed by atoms with E-state index in [4.69, 9.17) is 16.7 Å². The van der Waals surface area contributed by atoms with Crippen LogP contribution in [0, 0.1) is 13.8 Å². The number of carboxylic acid groups (broad SMARTS) is 1. The van der Waals surface area contributed by atoms with Crippen LogP contribution in [0.5, 0.6) is 0 Å². The Morgan fingerprint density at radius 2 is 1.82 bits per heavy atom. The molecular weight excluding hydrogens is 406 g/mol. The highest BCUT2D eigenvalue weighted by Crippen LogP contribution is 2.28. The molecule has 0 radical (unpaired) electrons. The van der Waals surface area contributed by atoms with E-state index in [1.54, 1.807) is 6.07 Å². The standard InChI is InChI=1S/C17H16ClN5O4S/c1-9-5-4-6-10(2)15(9)11-7-13(18)20-17(19-11)22-28(26,27)14-8-12(16(24)25)21-23(14)3/h4-8H,1-3H3,(H,24,25)(H,19,20,22). The lowest BCUT2D eigenvalue weighted by atomic mass is 10.00. The molecule has 3 aromatic rings. The number of nitrogens with one attached hydrogen (secondary N) is 1. The summed E-state index contributed by atoms with van der Waals surface area (Å²) in [5, 5.41) is 12.4. The van der Waals surface area contributed by atoms with E-state index in [0.717, 1.165) is 27.4 Å². The van der Waals surface area contributed by atoms with Gasteiger partial charge in [0.1, 0.15) is 5.15 Å². The number of rotatable bonds is 5. The van der Waals surface area contributed by atoms with Crippen LogP contribution in [0.15, 0.2) is 35.4 Å². The minimum absolute atomic E-state index is 0.0570. The minimum atomic E-state index is -4.19. The molecule has 0 saturated heterocycles. The first kappa shape index (κ1) is 19.8. The summed E-state index contributed by atoms with van der Waals surface area (Å²) in [7, 11) is -2.87. The van der Waals surface area contributed by atoms with Crippen LogP contribution in [0.4, 0.5) is 5.95 Å². The molecule has 9 nitrogen and oxygen atoms in total. The number of aromatic nitrogens is 4. The van der Waals surface area contributed by atoms with Gasteiger partial charge in [-0.05, 0) is 25.0 Å². The molecular formula is C17H16ClN5O4S. The Bertz CT molecular complexity index is 1170. The van der Waals surface area contributed by atoms with E-state index in [1.165, 1.54) is 7.05 Å². The third-order valence-corrected chi connectivity index (χ3v) is 5.57. The molecule has 0 aliphatic carbocycles. The van der Waals surface area contributed by atoms with Gasteiger partial charge in [0, 0.05) is 24.7 Å². The Hall–Kier alpha value is -2.98. The van der Waals surface area contributed by atoms with Gasteiger partial charge in [-0.3, -0.25) is 4.68 Å². The maximum Gasteiger partial charge on any atom is 0.356 e. The number of carboxylic acids is 1. The largest absolute Gasteiger partial charge is 0.476 e. The fourth-order valence-electron chi connectivity index (χ4n) is 2.79. The minimum Gasteiger partial charge on any atom is -0.476 e. The number of benzene rings is 1. The van der Waals surface area contributed by atoms with Gasteiger partial charge < -0.3 is 5.11 Å². The molecule has 146 valence electrons.